The van der Waals surface area contributed by atoms with Crippen molar-refractivity contribution in [3.8, 4) is 11.3 Å². The minimum absolute atomic E-state index is 0.466. The van der Waals surface area contributed by atoms with Crippen molar-refractivity contribution in [1.29, 1.82) is 0 Å². The topological polar surface area (TPSA) is 66.5 Å². The highest BCUT2D eigenvalue weighted by Gasteiger charge is 2.06. The molecular formula is C17H11Cl2N5. The summed E-state index contributed by atoms with van der Waals surface area (Å²) in [4.78, 5) is 16.1. The molecule has 0 aliphatic carbocycles. The highest BCUT2D eigenvalue weighted by molar-refractivity contribution is 6.35. The number of hydrogen-bond acceptors (Lipinski definition) is 4. The number of benzene rings is 2. The SMILES string of the molecule is Clc1cc(Cl)cc(Nc2nccc(-c3ccc4[nH]cnc4c3)n2)c1. The number of H-pyrrole nitrogens is 1. The molecule has 0 spiro atoms. The highest BCUT2D eigenvalue weighted by Crippen LogP contribution is 2.26. The second-order valence-electron chi connectivity index (χ2n) is 5.18. The summed E-state index contributed by atoms with van der Waals surface area (Å²) in [6.07, 6.45) is 3.37. The van der Waals surface area contributed by atoms with Crippen molar-refractivity contribution >= 4 is 45.9 Å². The molecule has 0 atom stereocenters. The predicted molar refractivity (Wildman–Crippen MR) is 96.9 cm³/mol. The van der Waals surface area contributed by atoms with Gasteiger partial charge in [0.2, 0.25) is 5.95 Å². The van der Waals surface area contributed by atoms with E-state index in [1.165, 1.54) is 0 Å². The van der Waals surface area contributed by atoms with Crippen molar-refractivity contribution in [1.82, 2.24) is 19.9 Å². The molecule has 0 saturated heterocycles. The fraction of sp³-hybridized carbons (Fsp3) is 0. The van der Waals surface area contributed by atoms with E-state index in [1.807, 2.05) is 24.3 Å². The molecule has 5 nitrogen and oxygen atoms in total. The molecular weight excluding hydrogens is 345 g/mol. The molecule has 0 fully saturated rings. The Hall–Kier alpha value is -2.63. The van der Waals surface area contributed by atoms with Gasteiger partial charge in [-0.05, 0) is 36.4 Å². The molecule has 0 aliphatic rings. The van der Waals surface area contributed by atoms with E-state index >= 15 is 0 Å². The van der Waals surface area contributed by atoms with Crippen LogP contribution in [0.2, 0.25) is 10.0 Å². The Kier molecular flexibility index (Phi) is 3.80. The number of halogens is 2. The molecule has 0 unspecified atom stereocenters. The van der Waals surface area contributed by atoms with Gasteiger partial charge in [-0.15, -0.1) is 0 Å². The second kappa shape index (κ2) is 6.11. The first-order valence-electron chi connectivity index (χ1n) is 7.17. The molecule has 0 amide bonds. The molecule has 2 N–H and O–H groups in total. The lowest BCUT2D eigenvalue weighted by molar-refractivity contribution is 1.17. The number of anilines is 2. The van der Waals surface area contributed by atoms with Crippen LogP contribution in [0.4, 0.5) is 11.6 Å². The molecule has 118 valence electrons. The van der Waals surface area contributed by atoms with E-state index in [-0.39, 0.29) is 0 Å². The summed E-state index contributed by atoms with van der Waals surface area (Å²) in [7, 11) is 0. The second-order valence-corrected chi connectivity index (χ2v) is 6.06. The first-order valence-corrected chi connectivity index (χ1v) is 7.93. The van der Waals surface area contributed by atoms with E-state index in [0.29, 0.717) is 16.0 Å². The van der Waals surface area contributed by atoms with Crippen LogP contribution in [0.25, 0.3) is 22.3 Å². The monoisotopic (exact) mass is 355 g/mol. The van der Waals surface area contributed by atoms with E-state index in [2.05, 4.69) is 25.3 Å². The third kappa shape index (κ3) is 3.04. The molecule has 7 heteroatoms. The molecule has 2 aromatic heterocycles. The Morgan fingerprint density at radius 1 is 0.917 bits per heavy atom. The summed E-state index contributed by atoms with van der Waals surface area (Å²) in [6.45, 7) is 0. The van der Waals surface area contributed by atoms with Crippen molar-refractivity contribution < 1.29 is 0 Å². The average Bonchev–Trinajstić information content (AvgIpc) is 3.01. The number of rotatable bonds is 3. The lowest BCUT2D eigenvalue weighted by Gasteiger charge is -2.07. The van der Waals surface area contributed by atoms with E-state index < -0.39 is 0 Å². The van der Waals surface area contributed by atoms with Crippen LogP contribution in [0.15, 0.2) is 55.0 Å². The van der Waals surface area contributed by atoms with E-state index in [0.717, 1.165) is 28.0 Å². The average molecular weight is 356 g/mol. The van der Waals surface area contributed by atoms with E-state index in [4.69, 9.17) is 23.2 Å². The molecule has 0 bridgehead atoms. The number of aromatic nitrogens is 4. The van der Waals surface area contributed by atoms with Gasteiger partial charge in [-0.25, -0.2) is 15.0 Å². The van der Waals surface area contributed by atoms with Gasteiger partial charge in [0, 0.05) is 27.5 Å². The van der Waals surface area contributed by atoms with Crippen LogP contribution in [-0.2, 0) is 0 Å². The van der Waals surface area contributed by atoms with Crippen molar-refractivity contribution in [3.63, 3.8) is 0 Å². The summed E-state index contributed by atoms with van der Waals surface area (Å²) in [5.41, 5.74) is 4.36. The van der Waals surface area contributed by atoms with Gasteiger partial charge in [0.05, 0.1) is 23.1 Å². The maximum atomic E-state index is 6.01. The Bertz CT molecular complexity index is 1010. The number of aromatic amines is 1. The predicted octanol–water partition coefficient (Wildman–Crippen LogP) is 5.07. The number of nitrogens with zero attached hydrogens (tertiary/aromatic N) is 3. The fourth-order valence-electron chi connectivity index (χ4n) is 2.43. The molecule has 24 heavy (non-hydrogen) atoms. The lowest BCUT2D eigenvalue weighted by atomic mass is 10.1. The van der Waals surface area contributed by atoms with Crippen LogP contribution in [0, 0.1) is 0 Å². The van der Waals surface area contributed by atoms with Crippen LogP contribution < -0.4 is 5.32 Å². The molecule has 0 aliphatic heterocycles. The standard InChI is InChI=1S/C17H11Cl2N5/c18-11-6-12(19)8-13(7-11)23-17-20-4-3-14(24-17)10-1-2-15-16(5-10)22-9-21-15/h1-9H,(H,21,22)(H,20,23,24). The van der Waals surface area contributed by atoms with Crippen molar-refractivity contribution in [2.24, 2.45) is 0 Å². The minimum atomic E-state index is 0.466. The first kappa shape index (κ1) is 14.9. The van der Waals surface area contributed by atoms with Crippen LogP contribution in [0.3, 0.4) is 0 Å². The van der Waals surface area contributed by atoms with Crippen LogP contribution in [0.5, 0.6) is 0 Å². The van der Waals surface area contributed by atoms with Gasteiger partial charge in [0.1, 0.15) is 0 Å². The zero-order chi connectivity index (χ0) is 16.5. The van der Waals surface area contributed by atoms with Gasteiger partial charge in [0.15, 0.2) is 0 Å². The Morgan fingerprint density at radius 2 is 1.75 bits per heavy atom. The van der Waals surface area contributed by atoms with Gasteiger partial charge >= 0.3 is 0 Å². The largest absolute Gasteiger partial charge is 0.345 e. The molecule has 2 heterocycles. The summed E-state index contributed by atoms with van der Waals surface area (Å²) in [5, 5.41) is 4.21. The van der Waals surface area contributed by atoms with Crippen LogP contribution in [0.1, 0.15) is 0 Å². The Morgan fingerprint density at radius 3 is 2.58 bits per heavy atom. The zero-order valence-corrected chi connectivity index (χ0v) is 13.8. The number of nitrogens with one attached hydrogen (secondary N) is 2. The van der Waals surface area contributed by atoms with Crippen LogP contribution in [-0.4, -0.2) is 19.9 Å². The highest BCUT2D eigenvalue weighted by atomic mass is 35.5. The van der Waals surface area contributed by atoms with Gasteiger partial charge in [-0.2, -0.15) is 0 Å². The smallest absolute Gasteiger partial charge is 0.227 e. The summed E-state index contributed by atoms with van der Waals surface area (Å²) in [6, 6.07) is 13.0. The third-order valence-corrected chi connectivity index (χ3v) is 3.93. The van der Waals surface area contributed by atoms with Gasteiger partial charge in [0.25, 0.3) is 0 Å². The minimum Gasteiger partial charge on any atom is -0.345 e. The first-order chi connectivity index (χ1) is 11.7. The fourth-order valence-corrected chi connectivity index (χ4v) is 2.95. The number of fused-ring (bicyclic) bond motifs is 1. The molecule has 4 rings (SSSR count). The zero-order valence-electron chi connectivity index (χ0n) is 12.3. The Balaban J connectivity index is 1.67. The van der Waals surface area contributed by atoms with Gasteiger partial charge < -0.3 is 10.3 Å². The van der Waals surface area contributed by atoms with E-state index in [1.54, 1.807) is 30.7 Å². The summed E-state index contributed by atoms with van der Waals surface area (Å²) in [5.74, 6) is 0.466. The number of hydrogen-bond donors (Lipinski definition) is 2. The van der Waals surface area contributed by atoms with Crippen LogP contribution >= 0.6 is 23.2 Å². The molecule has 2 aromatic carbocycles. The van der Waals surface area contributed by atoms with E-state index in [9.17, 15) is 0 Å². The summed E-state index contributed by atoms with van der Waals surface area (Å²) < 4.78 is 0. The maximum Gasteiger partial charge on any atom is 0.227 e. The van der Waals surface area contributed by atoms with Gasteiger partial charge in [-0.1, -0.05) is 29.3 Å². The van der Waals surface area contributed by atoms with Crippen molar-refractivity contribution in [2.45, 2.75) is 0 Å². The molecule has 4 aromatic rings. The van der Waals surface area contributed by atoms with Gasteiger partial charge in [-0.3, -0.25) is 0 Å². The molecule has 0 saturated carbocycles. The third-order valence-electron chi connectivity index (χ3n) is 3.49. The normalized spacial score (nSPS) is 10.9. The molecule has 0 radical (unpaired) electrons. The lowest BCUT2D eigenvalue weighted by Crippen LogP contribution is -1.98. The Labute approximate surface area is 147 Å². The maximum absolute atomic E-state index is 6.01. The van der Waals surface area contributed by atoms with Crippen molar-refractivity contribution in [2.75, 3.05) is 5.32 Å². The summed E-state index contributed by atoms with van der Waals surface area (Å²) >= 11 is 12.0. The number of imidazole rings is 1. The quantitative estimate of drug-likeness (QED) is 0.538. The van der Waals surface area contributed by atoms with Crippen molar-refractivity contribution in [3.05, 3.63) is 65.0 Å².